The van der Waals surface area contributed by atoms with Gasteiger partial charge in [-0.2, -0.15) is 0 Å². The van der Waals surface area contributed by atoms with Crippen molar-refractivity contribution in [1.82, 2.24) is 4.90 Å². The lowest BCUT2D eigenvalue weighted by Crippen LogP contribution is -2.57. The largest absolute Gasteiger partial charge is 0.381 e. The number of nitrogens with two attached hydrogens (primary N) is 1. The lowest BCUT2D eigenvalue weighted by Gasteiger charge is -2.35. The normalized spacial score (nSPS) is 17.6. The van der Waals surface area contributed by atoms with E-state index in [0.29, 0.717) is 32.6 Å². The second kappa shape index (κ2) is 7.04. The maximum Gasteiger partial charge on any atom is 0.242 e. The fraction of sp³-hybridized carbons (Fsp3) is 0.583. The van der Waals surface area contributed by atoms with Gasteiger partial charge in [0.2, 0.25) is 5.91 Å². The smallest absolute Gasteiger partial charge is 0.242 e. The monoisotopic (exact) mass is 368 g/mol. The van der Waals surface area contributed by atoms with Crippen molar-refractivity contribution in [3.05, 3.63) is 20.8 Å². The SMILES string of the molecule is CN(Cc1csc(Br)c1)C(=O)C1(N)CCOCC1.Cl. The van der Waals surface area contributed by atoms with Crippen molar-refractivity contribution in [3.8, 4) is 0 Å². The first-order chi connectivity index (χ1) is 8.51. The van der Waals surface area contributed by atoms with Gasteiger partial charge in [-0.25, -0.2) is 0 Å². The Bertz CT molecular complexity index is 435. The molecule has 0 aliphatic carbocycles. The Kier molecular flexibility index (Phi) is 6.26. The number of hydrogen-bond donors (Lipinski definition) is 1. The summed E-state index contributed by atoms with van der Waals surface area (Å²) in [5.41, 5.74) is 6.56. The van der Waals surface area contributed by atoms with Gasteiger partial charge in [0, 0.05) is 26.8 Å². The van der Waals surface area contributed by atoms with Crippen LogP contribution < -0.4 is 5.73 Å². The summed E-state index contributed by atoms with van der Waals surface area (Å²) >= 11 is 5.04. The van der Waals surface area contributed by atoms with Crippen LogP contribution >= 0.6 is 39.7 Å². The molecule has 4 nitrogen and oxygen atoms in total. The topological polar surface area (TPSA) is 55.6 Å². The van der Waals surface area contributed by atoms with Crippen molar-refractivity contribution in [3.63, 3.8) is 0 Å². The van der Waals surface area contributed by atoms with Crippen LogP contribution in [0.2, 0.25) is 0 Å². The highest BCUT2D eigenvalue weighted by Gasteiger charge is 2.37. The first-order valence-corrected chi connectivity index (χ1v) is 7.54. The van der Waals surface area contributed by atoms with E-state index in [1.807, 2.05) is 11.4 Å². The van der Waals surface area contributed by atoms with Crippen LogP contribution in [-0.2, 0) is 16.1 Å². The molecule has 1 fully saturated rings. The molecule has 108 valence electrons. The number of carbonyl (C=O) groups excluding carboxylic acids is 1. The van der Waals surface area contributed by atoms with Crippen LogP contribution in [0, 0.1) is 0 Å². The van der Waals surface area contributed by atoms with Crippen molar-refractivity contribution in [2.24, 2.45) is 5.73 Å². The maximum atomic E-state index is 12.4. The summed E-state index contributed by atoms with van der Waals surface area (Å²) in [5.74, 6) is 0.00752. The van der Waals surface area contributed by atoms with E-state index in [-0.39, 0.29) is 18.3 Å². The van der Waals surface area contributed by atoms with Crippen LogP contribution in [0.5, 0.6) is 0 Å². The first kappa shape index (κ1) is 16.9. The predicted molar refractivity (Wildman–Crippen MR) is 82.7 cm³/mol. The van der Waals surface area contributed by atoms with Crippen LogP contribution in [0.4, 0.5) is 0 Å². The molecule has 0 spiro atoms. The summed E-state index contributed by atoms with van der Waals surface area (Å²) in [6.07, 6.45) is 1.20. The van der Waals surface area contributed by atoms with Gasteiger partial charge in [-0.15, -0.1) is 23.7 Å². The Hall–Kier alpha value is -0.140. The fourth-order valence-corrected chi connectivity index (χ4v) is 3.30. The van der Waals surface area contributed by atoms with Gasteiger partial charge in [0.15, 0.2) is 0 Å². The molecule has 2 N–H and O–H groups in total. The van der Waals surface area contributed by atoms with Crippen LogP contribution in [0.25, 0.3) is 0 Å². The van der Waals surface area contributed by atoms with E-state index in [0.717, 1.165) is 9.35 Å². The number of halogens is 2. The molecule has 0 saturated carbocycles. The molecule has 1 amide bonds. The molecule has 1 aliphatic heterocycles. The second-order valence-corrected chi connectivity index (χ2v) is 6.98. The molecule has 1 aromatic heterocycles. The number of ether oxygens (including phenoxy) is 1. The number of carbonyl (C=O) groups is 1. The highest BCUT2D eigenvalue weighted by molar-refractivity contribution is 9.11. The van der Waals surface area contributed by atoms with Gasteiger partial charge in [0.1, 0.15) is 0 Å². The zero-order valence-electron chi connectivity index (χ0n) is 10.7. The van der Waals surface area contributed by atoms with Crippen LogP contribution in [0.15, 0.2) is 15.2 Å². The Balaban J connectivity index is 0.00000180. The highest BCUT2D eigenvalue weighted by atomic mass is 79.9. The van der Waals surface area contributed by atoms with Gasteiger partial charge in [0.25, 0.3) is 0 Å². The lowest BCUT2D eigenvalue weighted by molar-refractivity contribution is -0.139. The number of hydrogen-bond acceptors (Lipinski definition) is 4. The highest BCUT2D eigenvalue weighted by Crippen LogP contribution is 2.24. The molecule has 0 unspecified atom stereocenters. The average Bonchev–Trinajstić information content (AvgIpc) is 2.74. The van der Waals surface area contributed by atoms with Gasteiger partial charge in [-0.3, -0.25) is 4.79 Å². The van der Waals surface area contributed by atoms with Crippen LogP contribution in [-0.4, -0.2) is 36.6 Å². The molecular formula is C12H18BrClN2O2S. The van der Waals surface area contributed by atoms with Crippen molar-refractivity contribution in [2.45, 2.75) is 24.9 Å². The predicted octanol–water partition coefficient (Wildman–Crippen LogP) is 2.40. The summed E-state index contributed by atoms with van der Waals surface area (Å²) in [5, 5.41) is 2.04. The number of thiophene rings is 1. The molecule has 2 rings (SSSR count). The molecule has 2 heterocycles. The molecule has 1 saturated heterocycles. The van der Waals surface area contributed by atoms with Gasteiger partial charge < -0.3 is 15.4 Å². The van der Waals surface area contributed by atoms with E-state index < -0.39 is 5.54 Å². The third-order valence-electron chi connectivity index (χ3n) is 3.20. The summed E-state index contributed by atoms with van der Waals surface area (Å²) in [4.78, 5) is 14.1. The molecule has 0 atom stereocenters. The number of nitrogens with zero attached hydrogens (tertiary/aromatic N) is 1. The Labute approximate surface area is 131 Å². The molecule has 0 bridgehead atoms. The van der Waals surface area contributed by atoms with E-state index >= 15 is 0 Å². The Morgan fingerprint density at radius 2 is 2.21 bits per heavy atom. The summed E-state index contributed by atoms with van der Waals surface area (Å²) < 4.78 is 6.34. The van der Waals surface area contributed by atoms with Crippen molar-refractivity contribution >= 4 is 45.6 Å². The van der Waals surface area contributed by atoms with E-state index in [4.69, 9.17) is 10.5 Å². The summed E-state index contributed by atoms with van der Waals surface area (Å²) in [7, 11) is 1.80. The van der Waals surface area contributed by atoms with Gasteiger partial charge in [-0.05, 0) is 45.8 Å². The van der Waals surface area contributed by atoms with Crippen molar-refractivity contribution in [2.75, 3.05) is 20.3 Å². The molecule has 0 radical (unpaired) electrons. The van der Waals surface area contributed by atoms with E-state index in [9.17, 15) is 4.79 Å². The average molecular weight is 370 g/mol. The zero-order chi connectivity index (χ0) is 13.2. The van der Waals surface area contributed by atoms with E-state index in [2.05, 4.69) is 15.9 Å². The minimum Gasteiger partial charge on any atom is -0.381 e. The lowest BCUT2D eigenvalue weighted by atomic mass is 9.90. The molecule has 1 aliphatic rings. The minimum absolute atomic E-state index is 0. The van der Waals surface area contributed by atoms with E-state index in [1.54, 1.807) is 23.3 Å². The van der Waals surface area contributed by atoms with Gasteiger partial charge in [-0.1, -0.05) is 0 Å². The Morgan fingerprint density at radius 3 is 2.74 bits per heavy atom. The minimum atomic E-state index is -0.750. The van der Waals surface area contributed by atoms with Crippen LogP contribution in [0.3, 0.4) is 0 Å². The Morgan fingerprint density at radius 1 is 1.58 bits per heavy atom. The van der Waals surface area contributed by atoms with Crippen molar-refractivity contribution < 1.29 is 9.53 Å². The first-order valence-electron chi connectivity index (χ1n) is 5.86. The molecule has 19 heavy (non-hydrogen) atoms. The molecule has 7 heteroatoms. The number of likely N-dealkylation sites (N-methyl/N-ethyl adjacent to an activating group) is 1. The third-order valence-corrected chi connectivity index (χ3v) is 4.75. The molecular weight excluding hydrogens is 352 g/mol. The summed E-state index contributed by atoms with van der Waals surface area (Å²) in [6.45, 7) is 1.74. The van der Waals surface area contributed by atoms with Gasteiger partial charge in [0.05, 0.1) is 9.33 Å². The number of amides is 1. The van der Waals surface area contributed by atoms with E-state index in [1.165, 1.54) is 0 Å². The third kappa shape index (κ3) is 4.16. The quantitative estimate of drug-likeness (QED) is 0.890. The molecule has 1 aromatic rings. The van der Waals surface area contributed by atoms with Gasteiger partial charge >= 0.3 is 0 Å². The standard InChI is InChI=1S/C12H17BrN2O2S.ClH/c1-15(7-9-6-10(13)18-8-9)11(16)12(14)2-4-17-5-3-12;/h6,8H,2-5,7,14H2,1H3;1H. The number of rotatable bonds is 3. The fourth-order valence-electron chi connectivity index (χ4n) is 2.10. The second-order valence-electron chi connectivity index (χ2n) is 4.69. The zero-order valence-corrected chi connectivity index (χ0v) is 13.9. The summed E-state index contributed by atoms with van der Waals surface area (Å²) in [6, 6.07) is 2.03. The molecule has 0 aromatic carbocycles. The van der Waals surface area contributed by atoms with Crippen molar-refractivity contribution in [1.29, 1.82) is 0 Å². The maximum absolute atomic E-state index is 12.4. The van der Waals surface area contributed by atoms with Crippen LogP contribution in [0.1, 0.15) is 18.4 Å².